The molecule has 2 heterocycles. The molecule has 1 aliphatic heterocycles. The van der Waals surface area contributed by atoms with Gasteiger partial charge in [0, 0.05) is 54.6 Å². The van der Waals surface area contributed by atoms with Gasteiger partial charge in [-0.15, -0.1) is 0 Å². The number of carbonyl (C=O) groups is 1. The average molecular weight is 505 g/mol. The number of amides is 1. The Hall–Kier alpha value is -2.84. The Bertz CT molecular complexity index is 1200. The zero-order valence-electron chi connectivity index (χ0n) is 19.9. The number of piperidine rings is 1. The third-order valence-corrected chi connectivity index (χ3v) is 6.76. The summed E-state index contributed by atoms with van der Waals surface area (Å²) in [5.74, 6) is 0.570. The lowest BCUT2D eigenvalue weighted by Crippen LogP contribution is -2.47. The van der Waals surface area contributed by atoms with E-state index in [9.17, 15) is 18.0 Å². The Morgan fingerprint density at radius 3 is 2.37 bits per heavy atom. The number of aromatic nitrogens is 2. The highest BCUT2D eigenvalue weighted by molar-refractivity contribution is 6.30. The molecule has 5 nitrogen and oxygen atoms in total. The van der Waals surface area contributed by atoms with Crippen LogP contribution in [0.1, 0.15) is 42.3 Å². The minimum Gasteiger partial charge on any atom is -0.342 e. The zero-order valence-corrected chi connectivity index (χ0v) is 20.7. The van der Waals surface area contributed by atoms with E-state index in [0.717, 1.165) is 60.7 Å². The van der Waals surface area contributed by atoms with Crippen molar-refractivity contribution in [2.24, 2.45) is 0 Å². The number of benzene rings is 2. The molecular formula is C26H28ClF3N4O. The minimum atomic E-state index is -4.36. The first-order chi connectivity index (χ1) is 16.5. The molecule has 1 fully saturated rings. The number of H-pyrrole nitrogens is 1. The van der Waals surface area contributed by atoms with E-state index in [1.165, 1.54) is 12.1 Å². The van der Waals surface area contributed by atoms with Crippen LogP contribution in [-0.2, 0) is 17.5 Å². The van der Waals surface area contributed by atoms with Gasteiger partial charge in [-0.05, 0) is 62.6 Å². The van der Waals surface area contributed by atoms with E-state index in [0.29, 0.717) is 23.0 Å². The van der Waals surface area contributed by atoms with Crippen LogP contribution >= 0.6 is 11.6 Å². The van der Waals surface area contributed by atoms with Gasteiger partial charge in [0.25, 0.3) is 0 Å². The Morgan fingerprint density at radius 2 is 1.80 bits per heavy atom. The summed E-state index contributed by atoms with van der Waals surface area (Å²) in [7, 11) is 0. The quantitative estimate of drug-likeness (QED) is 0.438. The lowest BCUT2D eigenvalue weighted by molar-refractivity contribution is -0.137. The number of carbonyl (C=O) groups excluding carboxylic acids is 1. The number of nitrogens with one attached hydrogen (secondary N) is 1. The Morgan fingerprint density at radius 1 is 1.14 bits per heavy atom. The second kappa shape index (κ2) is 10.0. The molecule has 1 aromatic heterocycles. The van der Waals surface area contributed by atoms with Crippen LogP contribution in [0.15, 0.2) is 42.5 Å². The molecular weight excluding hydrogens is 477 g/mol. The normalized spacial score (nSPS) is 15.4. The van der Waals surface area contributed by atoms with Crippen LogP contribution in [0.25, 0.3) is 11.4 Å². The number of aromatic amines is 1. The summed E-state index contributed by atoms with van der Waals surface area (Å²) in [4.78, 5) is 24.6. The van der Waals surface area contributed by atoms with Crippen molar-refractivity contribution in [3.8, 4) is 11.4 Å². The lowest BCUT2D eigenvalue weighted by Gasteiger charge is -2.38. The van der Waals surface area contributed by atoms with Gasteiger partial charge in [0.05, 0.1) is 11.3 Å². The molecule has 0 aliphatic carbocycles. The van der Waals surface area contributed by atoms with Crippen molar-refractivity contribution in [1.82, 2.24) is 14.9 Å². The van der Waals surface area contributed by atoms with Gasteiger partial charge in [0.1, 0.15) is 5.82 Å². The van der Waals surface area contributed by atoms with E-state index >= 15 is 0 Å². The molecule has 0 unspecified atom stereocenters. The van der Waals surface area contributed by atoms with Crippen molar-refractivity contribution in [2.45, 2.75) is 52.4 Å². The first-order valence-corrected chi connectivity index (χ1v) is 11.9. The molecule has 1 amide bonds. The molecule has 0 bridgehead atoms. The molecule has 1 saturated heterocycles. The van der Waals surface area contributed by atoms with Gasteiger partial charge in [-0.1, -0.05) is 23.7 Å². The topological polar surface area (TPSA) is 52.2 Å². The number of halogens is 4. The maximum absolute atomic E-state index is 12.8. The molecule has 0 atom stereocenters. The van der Waals surface area contributed by atoms with Crippen molar-refractivity contribution < 1.29 is 18.0 Å². The molecule has 35 heavy (non-hydrogen) atoms. The molecule has 3 aromatic rings. The molecule has 186 valence electrons. The Labute approximate surface area is 207 Å². The summed E-state index contributed by atoms with van der Waals surface area (Å²) in [5.41, 5.74) is 3.56. The van der Waals surface area contributed by atoms with E-state index in [-0.39, 0.29) is 11.9 Å². The van der Waals surface area contributed by atoms with Crippen molar-refractivity contribution in [1.29, 1.82) is 0 Å². The van der Waals surface area contributed by atoms with Crippen LogP contribution in [0, 0.1) is 13.8 Å². The summed E-state index contributed by atoms with van der Waals surface area (Å²) in [5, 5.41) is 0.648. The standard InChI is InChI=1S/C26H28ClF3N4O/c1-16-14-21(27)8-9-24(16)34(18(3)35)22-10-12-33(13-11-22)15-23-17(2)31-25(32-23)19-4-6-20(7-5-19)26(28,29)30/h4-9,14,22H,10-13,15H2,1-3H3,(H,31,32). The number of alkyl halides is 3. The molecule has 4 rings (SSSR count). The third kappa shape index (κ3) is 5.70. The Balaban J connectivity index is 1.42. The van der Waals surface area contributed by atoms with Gasteiger partial charge in [0.15, 0.2) is 0 Å². The number of aryl methyl sites for hydroxylation is 2. The molecule has 0 radical (unpaired) electrons. The van der Waals surface area contributed by atoms with Gasteiger partial charge in [-0.3, -0.25) is 9.69 Å². The van der Waals surface area contributed by atoms with Crippen molar-refractivity contribution >= 4 is 23.2 Å². The third-order valence-electron chi connectivity index (χ3n) is 6.52. The highest BCUT2D eigenvalue weighted by Gasteiger charge is 2.31. The Kier molecular flexibility index (Phi) is 7.24. The maximum Gasteiger partial charge on any atom is 0.416 e. The second-order valence-electron chi connectivity index (χ2n) is 9.06. The minimum absolute atomic E-state index is 0.0122. The van der Waals surface area contributed by atoms with Crippen LogP contribution < -0.4 is 4.90 Å². The lowest BCUT2D eigenvalue weighted by atomic mass is 10.0. The molecule has 1 aliphatic rings. The van der Waals surface area contributed by atoms with Crippen LogP contribution in [0.5, 0.6) is 0 Å². The predicted molar refractivity (Wildman–Crippen MR) is 131 cm³/mol. The molecule has 0 spiro atoms. The van der Waals surface area contributed by atoms with Gasteiger partial charge in [-0.2, -0.15) is 13.2 Å². The number of hydrogen-bond acceptors (Lipinski definition) is 3. The fourth-order valence-electron chi connectivity index (χ4n) is 4.66. The average Bonchev–Trinajstić information content (AvgIpc) is 3.16. The van der Waals surface area contributed by atoms with Gasteiger partial charge < -0.3 is 9.88 Å². The van der Waals surface area contributed by atoms with Gasteiger partial charge in [-0.25, -0.2) is 4.98 Å². The van der Waals surface area contributed by atoms with Gasteiger partial charge in [0.2, 0.25) is 5.91 Å². The highest BCUT2D eigenvalue weighted by Crippen LogP contribution is 2.32. The number of rotatable bonds is 5. The summed E-state index contributed by atoms with van der Waals surface area (Å²) in [6.07, 6.45) is -2.70. The van der Waals surface area contributed by atoms with E-state index in [1.54, 1.807) is 6.92 Å². The number of imidazole rings is 1. The first-order valence-electron chi connectivity index (χ1n) is 11.5. The highest BCUT2D eigenvalue weighted by atomic mass is 35.5. The maximum atomic E-state index is 12.8. The van der Waals surface area contributed by atoms with Crippen molar-refractivity contribution in [3.63, 3.8) is 0 Å². The van der Waals surface area contributed by atoms with Crippen LogP contribution in [0.4, 0.5) is 18.9 Å². The summed E-state index contributed by atoms with van der Waals surface area (Å²) in [6, 6.07) is 10.7. The molecule has 2 aromatic carbocycles. The number of likely N-dealkylation sites (tertiary alicyclic amines) is 1. The largest absolute Gasteiger partial charge is 0.416 e. The number of hydrogen-bond donors (Lipinski definition) is 1. The summed E-state index contributed by atoms with van der Waals surface area (Å²) >= 11 is 6.10. The predicted octanol–water partition coefficient (Wildman–Crippen LogP) is 6.38. The van der Waals surface area contributed by atoms with E-state index in [1.807, 2.05) is 36.9 Å². The van der Waals surface area contributed by atoms with Crippen molar-refractivity contribution in [3.05, 3.63) is 70.0 Å². The van der Waals surface area contributed by atoms with E-state index in [2.05, 4.69) is 14.9 Å². The van der Waals surface area contributed by atoms with Crippen molar-refractivity contribution in [2.75, 3.05) is 18.0 Å². The second-order valence-corrected chi connectivity index (χ2v) is 9.50. The summed E-state index contributed by atoms with van der Waals surface area (Å²) < 4.78 is 38.5. The fraction of sp³-hybridized carbons (Fsp3) is 0.385. The summed E-state index contributed by atoms with van der Waals surface area (Å²) in [6.45, 7) is 7.72. The van der Waals surface area contributed by atoms with Crippen LogP contribution in [-0.4, -0.2) is 39.9 Å². The first kappa shape index (κ1) is 25.3. The van der Waals surface area contributed by atoms with Crippen LogP contribution in [0.3, 0.4) is 0 Å². The fourth-order valence-corrected chi connectivity index (χ4v) is 4.89. The van der Waals surface area contributed by atoms with E-state index < -0.39 is 11.7 Å². The molecule has 1 N–H and O–H groups in total. The number of anilines is 1. The molecule has 0 saturated carbocycles. The SMILES string of the molecule is CC(=O)N(c1ccc(Cl)cc1C)C1CCN(Cc2nc(-c3ccc(C(F)(F)F)cc3)[nH]c2C)CC1. The van der Waals surface area contributed by atoms with Crippen LogP contribution in [0.2, 0.25) is 5.02 Å². The number of nitrogens with zero attached hydrogens (tertiary/aromatic N) is 3. The zero-order chi connectivity index (χ0) is 25.3. The monoisotopic (exact) mass is 504 g/mol. The smallest absolute Gasteiger partial charge is 0.342 e. The molecule has 9 heteroatoms. The van der Waals surface area contributed by atoms with E-state index in [4.69, 9.17) is 11.6 Å². The van der Waals surface area contributed by atoms with Gasteiger partial charge >= 0.3 is 6.18 Å².